The number of Topliss-reactive ketones (excluding diaryl/α,β-unsaturated/α-hetero) is 1. The quantitative estimate of drug-likeness (QED) is 0.477. The Morgan fingerprint density at radius 3 is 2.47 bits per heavy atom. The maximum atomic E-state index is 13.3. The molecule has 0 unspecified atom stereocenters. The predicted molar refractivity (Wildman–Crippen MR) is 114 cm³/mol. The molecule has 1 saturated heterocycles. The molecule has 1 aliphatic rings. The minimum Gasteiger partial charge on any atom is -0.381 e. The molecule has 3 N–H and O–H groups in total. The number of anilines is 1. The van der Waals surface area contributed by atoms with Crippen LogP contribution in [0.1, 0.15) is 43.0 Å². The number of hydrogen-bond acceptors (Lipinski definition) is 5. The first-order chi connectivity index (χ1) is 15.0. The number of benzene rings is 1. The average molecular weight is 474 g/mol. The number of ether oxygens (including phenoxy) is 1. The van der Waals surface area contributed by atoms with E-state index in [4.69, 9.17) is 16.3 Å². The summed E-state index contributed by atoms with van der Waals surface area (Å²) < 4.78 is 31.9. The highest BCUT2D eigenvalue weighted by Gasteiger charge is 2.31. The second-order valence-corrected chi connectivity index (χ2v) is 8.08. The summed E-state index contributed by atoms with van der Waals surface area (Å²) in [6, 6.07) is 2.71. The number of carbonyl (C=O) groups excluding carboxylic acids is 4. The molecule has 3 amide bonds. The van der Waals surface area contributed by atoms with Gasteiger partial charge in [-0.2, -0.15) is 0 Å². The number of hydrogen-bond donors (Lipinski definition) is 3. The third kappa shape index (κ3) is 7.52. The van der Waals surface area contributed by atoms with Crippen molar-refractivity contribution < 1.29 is 32.7 Å². The number of halogens is 3. The highest BCUT2D eigenvalue weighted by atomic mass is 35.5. The maximum absolute atomic E-state index is 13.3. The van der Waals surface area contributed by atoms with E-state index >= 15 is 0 Å². The lowest BCUT2D eigenvalue weighted by molar-refractivity contribution is -0.139. The first-order valence-corrected chi connectivity index (χ1v) is 10.5. The topological polar surface area (TPSA) is 114 Å². The van der Waals surface area contributed by atoms with Crippen LogP contribution in [0.15, 0.2) is 18.2 Å². The van der Waals surface area contributed by atoms with Crippen molar-refractivity contribution in [1.82, 2.24) is 10.6 Å². The number of likely N-dealkylation sites (N-methyl/N-ethyl adjacent to an activating group) is 1. The molecule has 1 aliphatic heterocycles. The van der Waals surface area contributed by atoms with E-state index in [2.05, 4.69) is 16.0 Å². The number of carbonyl (C=O) groups is 4. The molecule has 176 valence electrons. The Labute approximate surface area is 189 Å². The molecule has 1 aromatic rings. The molecule has 1 aromatic carbocycles. The number of alkyl halides is 2. The molecule has 0 bridgehead atoms. The van der Waals surface area contributed by atoms with Crippen LogP contribution in [0.25, 0.3) is 0 Å². The lowest BCUT2D eigenvalue weighted by Gasteiger charge is -2.23. The number of amides is 3. The fourth-order valence-corrected chi connectivity index (χ4v) is 3.36. The van der Waals surface area contributed by atoms with Crippen LogP contribution in [0, 0.1) is 5.92 Å². The molecular weight excluding hydrogens is 448 g/mol. The monoisotopic (exact) mass is 473 g/mol. The van der Waals surface area contributed by atoms with Gasteiger partial charge in [-0.25, -0.2) is 8.78 Å². The molecule has 1 atom stereocenters. The zero-order valence-corrected chi connectivity index (χ0v) is 18.6. The number of ketones is 1. The van der Waals surface area contributed by atoms with Gasteiger partial charge in [-0.15, -0.1) is 0 Å². The highest BCUT2D eigenvalue weighted by Crippen LogP contribution is 2.25. The average Bonchev–Trinajstić information content (AvgIpc) is 2.76. The second-order valence-electron chi connectivity index (χ2n) is 7.64. The summed E-state index contributed by atoms with van der Waals surface area (Å²) in [6.07, 6.45) is -0.0980. The van der Waals surface area contributed by atoms with E-state index in [-0.39, 0.29) is 28.1 Å². The lowest BCUT2D eigenvalue weighted by Crippen LogP contribution is -2.47. The van der Waals surface area contributed by atoms with Crippen molar-refractivity contribution in [1.29, 1.82) is 0 Å². The smallest absolute Gasteiger partial charge is 0.289 e. The molecule has 1 fully saturated rings. The summed E-state index contributed by atoms with van der Waals surface area (Å²) in [5.41, 5.74) is 0.0891. The largest absolute Gasteiger partial charge is 0.381 e. The SMILES string of the molecule is CNC(=O)C(=O)[C@H](CCC(C)(F)F)NC(=O)c1cc(Cl)ccc1NC(=O)C1CCOCC1. The van der Waals surface area contributed by atoms with Crippen LogP contribution >= 0.6 is 11.6 Å². The van der Waals surface area contributed by atoms with Gasteiger partial charge in [0.25, 0.3) is 11.8 Å². The molecule has 2 rings (SSSR count). The van der Waals surface area contributed by atoms with Gasteiger partial charge < -0.3 is 20.7 Å². The van der Waals surface area contributed by atoms with Crippen LogP contribution in [0.2, 0.25) is 5.02 Å². The summed E-state index contributed by atoms with van der Waals surface area (Å²) in [4.78, 5) is 49.6. The summed E-state index contributed by atoms with van der Waals surface area (Å²) in [6.45, 7) is 1.59. The molecule has 0 radical (unpaired) electrons. The maximum Gasteiger partial charge on any atom is 0.289 e. The normalized spacial score (nSPS) is 15.5. The summed E-state index contributed by atoms with van der Waals surface area (Å²) in [5, 5.41) is 7.32. The lowest BCUT2D eigenvalue weighted by atomic mass is 9.99. The summed E-state index contributed by atoms with van der Waals surface area (Å²) >= 11 is 6.00. The van der Waals surface area contributed by atoms with Crippen LogP contribution < -0.4 is 16.0 Å². The van der Waals surface area contributed by atoms with E-state index in [1.54, 1.807) is 0 Å². The molecule has 1 heterocycles. The van der Waals surface area contributed by atoms with Crippen molar-refractivity contribution in [3.8, 4) is 0 Å². The van der Waals surface area contributed by atoms with Crippen molar-refractivity contribution in [2.24, 2.45) is 5.92 Å². The van der Waals surface area contributed by atoms with E-state index < -0.39 is 42.4 Å². The van der Waals surface area contributed by atoms with E-state index in [1.165, 1.54) is 25.2 Å². The van der Waals surface area contributed by atoms with Gasteiger partial charge in [-0.1, -0.05) is 11.6 Å². The Morgan fingerprint density at radius 2 is 1.88 bits per heavy atom. The van der Waals surface area contributed by atoms with Gasteiger partial charge in [0.2, 0.25) is 17.6 Å². The summed E-state index contributed by atoms with van der Waals surface area (Å²) in [5.74, 6) is -6.59. The molecule has 0 aromatic heterocycles. The van der Waals surface area contributed by atoms with Crippen molar-refractivity contribution in [2.45, 2.75) is 44.6 Å². The minimum absolute atomic E-state index is 0.0594. The molecule has 32 heavy (non-hydrogen) atoms. The van der Waals surface area contributed by atoms with Crippen molar-refractivity contribution in [2.75, 3.05) is 25.6 Å². The Balaban J connectivity index is 2.22. The Morgan fingerprint density at radius 1 is 1.22 bits per heavy atom. The Hall–Kier alpha value is -2.59. The van der Waals surface area contributed by atoms with E-state index in [0.717, 1.165) is 0 Å². The van der Waals surface area contributed by atoms with Crippen LogP contribution in [0.5, 0.6) is 0 Å². The fraction of sp³-hybridized carbons (Fsp3) is 0.524. The van der Waals surface area contributed by atoms with Crippen LogP contribution in [-0.4, -0.2) is 55.7 Å². The molecular formula is C21H26ClF2N3O5. The molecule has 0 spiro atoms. The van der Waals surface area contributed by atoms with Crippen LogP contribution in [0.4, 0.5) is 14.5 Å². The van der Waals surface area contributed by atoms with Gasteiger partial charge in [0.1, 0.15) is 0 Å². The zero-order valence-electron chi connectivity index (χ0n) is 17.8. The van der Waals surface area contributed by atoms with Gasteiger partial charge >= 0.3 is 0 Å². The van der Waals surface area contributed by atoms with Gasteiger partial charge in [-0.3, -0.25) is 19.2 Å². The first-order valence-electron chi connectivity index (χ1n) is 10.1. The molecule has 0 aliphatic carbocycles. The van der Waals surface area contributed by atoms with Crippen LogP contribution in [-0.2, 0) is 19.1 Å². The second kappa shape index (κ2) is 11.3. The van der Waals surface area contributed by atoms with Gasteiger partial charge in [-0.05, 0) is 44.4 Å². The highest BCUT2D eigenvalue weighted by molar-refractivity contribution is 6.38. The molecule has 0 saturated carbocycles. The van der Waals surface area contributed by atoms with Gasteiger partial charge in [0, 0.05) is 37.6 Å². The van der Waals surface area contributed by atoms with E-state index in [0.29, 0.717) is 33.0 Å². The van der Waals surface area contributed by atoms with E-state index in [9.17, 15) is 28.0 Å². The van der Waals surface area contributed by atoms with Crippen molar-refractivity contribution in [3.05, 3.63) is 28.8 Å². The van der Waals surface area contributed by atoms with Crippen molar-refractivity contribution in [3.63, 3.8) is 0 Å². The third-order valence-electron chi connectivity index (χ3n) is 5.02. The predicted octanol–water partition coefficient (Wildman–Crippen LogP) is 2.55. The zero-order chi connectivity index (χ0) is 23.9. The Bertz CT molecular complexity index is 869. The molecule has 11 heteroatoms. The number of nitrogens with one attached hydrogen (secondary N) is 3. The van der Waals surface area contributed by atoms with Crippen molar-refractivity contribution >= 4 is 40.8 Å². The number of rotatable bonds is 9. The minimum atomic E-state index is -3.09. The van der Waals surface area contributed by atoms with Gasteiger partial charge in [0.15, 0.2) is 0 Å². The van der Waals surface area contributed by atoms with E-state index in [1.807, 2.05) is 0 Å². The Kier molecular flexibility index (Phi) is 9.09. The third-order valence-corrected chi connectivity index (χ3v) is 5.26. The fourth-order valence-electron chi connectivity index (χ4n) is 3.19. The molecule has 8 nitrogen and oxygen atoms in total. The van der Waals surface area contributed by atoms with Crippen LogP contribution in [0.3, 0.4) is 0 Å². The standard InChI is InChI=1S/C21H26ClF2N3O5/c1-21(23,24)8-5-16(17(28)20(31)25-2)27-19(30)14-11-13(22)3-4-15(14)26-18(29)12-6-9-32-10-7-12/h3-4,11-12,16H,5-10H2,1-2H3,(H,25,31)(H,26,29)(H,27,30)/t16-/m0/s1. The summed E-state index contributed by atoms with van der Waals surface area (Å²) in [7, 11) is 1.22. The first kappa shape index (κ1) is 25.7. The van der Waals surface area contributed by atoms with Gasteiger partial charge in [0.05, 0.1) is 17.3 Å².